The maximum absolute atomic E-state index is 12.2. The van der Waals surface area contributed by atoms with E-state index >= 15 is 0 Å². The second-order valence-electron chi connectivity index (χ2n) is 5.26. The van der Waals surface area contributed by atoms with Gasteiger partial charge in [0.15, 0.2) is 0 Å². The van der Waals surface area contributed by atoms with Crippen LogP contribution in [-0.2, 0) is 14.4 Å². The molecule has 2 amide bonds. The maximum atomic E-state index is 12.2. The molecule has 1 rings (SSSR count). The van der Waals surface area contributed by atoms with Crippen LogP contribution in [0.4, 0.5) is 0 Å². The van der Waals surface area contributed by atoms with Gasteiger partial charge in [-0.3, -0.25) is 14.4 Å². The molecule has 8 heteroatoms. The summed E-state index contributed by atoms with van der Waals surface area (Å²) >= 11 is 0. The van der Waals surface area contributed by atoms with Crippen LogP contribution >= 0.6 is 0 Å². The van der Waals surface area contributed by atoms with Crippen molar-refractivity contribution in [2.75, 3.05) is 6.54 Å². The van der Waals surface area contributed by atoms with Gasteiger partial charge < -0.3 is 25.9 Å². The monoisotopic (exact) mass is 337 g/mol. The van der Waals surface area contributed by atoms with E-state index in [1.807, 2.05) is 0 Å². The van der Waals surface area contributed by atoms with Crippen LogP contribution in [0.15, 0.2) is 28.9 Å². The Bertz CT molecular complexity index is 568. The molecule has 0 aliphatic rings. The number of carbonyl (C=O) groups is 3. The number of hydrogen-bond acceptors (Lipinski definition) is 5. The standard InChI is InChI=1S/C16H23N3O5/c1-11(16(22)23)18-15(21)13(6-2-3-9-17)19-14(20)8-7-12-5-4-10-24-12/h4-5,7-8,10-11,13H,2-3,6,9,17H2,1H3,(H,18,21)(H,19,20)(H,22,23)/t11-,13-/m0/s1. The average molecular weight is 337 g/mol. The Morgan fingerprint density at radius 1 is 1.33 bits per heavy atom. The summed E-state index contributed by atoms with van der Waals surface area (Å²) in [6.07, 6.45) is 5.92. The van der Waals surface area contributed by atoms with Crippen LogP contribution < -0.4 is 16.4 Å². The topological polar surface area (TPSA) is 135 Å². The molecule has 0 aromatic carbocycles. The Morgan fingerprint density at radius 2 is 2.08 bits per heavy atom. The van der Waals surface area contributed by atoms with Gasteiger partial charge in [0.05, 0.1) is 6.26 Å². The van der Waals surface area contributed by atoms with Crippen LogP contribution in [0, 0.1) is 0 Å². The Balaban J connectivity index is 2.64. The fraction of sp³-hybridized carbons (Fsp3) is 0.438. The molecular formula is C16H23N3O5. The fourth-order valence-electron chi connectivity index (χ4n) is 1.90. The number of hydrogen-bond donors (Lipinski definition) is 4. The van der Waals surface area contributed by atoms with Gasteiger partial charge in [0.2, 0.25) is 11.8 Å². The van der Waals surface area contributed by atoms with Crippen LogP contribution in [0.1, 0.15) is 31.9 Å². The van der Waals surface area contributed by atoms with E-state index in [-0.39, 0.29) is 0 Å². The molecule has 0 spiro atoms. The number of rotatable bonds is 10. The molecule has 0 saturated carbocycles. The minimum atomic E-state index is -1.15. The number of amides is 2. The highest BCUT2D eigenvalue weighted by Gasteiger charge is 2.23. The second-order valence-corrected chi connectivity index (χ2v) is 5.26. The molecular weight excluding hydrogens is 314 g/mol. The van der Waals surface area contributed by atoms with E-state index < -0.39 is 29.9 Å². The molecule has 0 radical (unpaired) electrons. The lowest BCUT2D eigenvalue weighted by Gasteiger charge is -2.19. The lowest BCUT2D eigenvalue weighted by Crippen LogP contribution is -2.50. The molecule has 0 unspecified atom stereocenters. The van der Waals surface area contributed by atoms with Crippen molar-refractivity contribution in [3.63, 3.8) is 0 Å². The van der Waals surface area contributed by atoms with E-state index in [4.69, 9.17) is 15.3 Å². The first kappa shape index (κ1) is 19.4. The van der Waals surface area contributed by atoms with Crippen molar-refractivity contribution in [3.05, 3.63) is 30.2 Å². The van der Waals surface area contributed by atoms with Gasteiger partial charge >= 0.3 is 5.97 Å². The van der Waals surface area contributed by atoms with Crippen molar-refractivity contribution < 1.29 is 23.9 Å². The van der Waals surface area contributed by atoms with Gasteiger partial charge in [-0.25, -0.2) is 0 Å². The third kappa shape index (κ3) is 7.10. The van der Waals surface area contributed by atoms with E-state index in [1.54, 1.807) is 12.1 Å². The summed E-state index contributed by atoms with van der Waals surface area (Å²) < 4.78 is 5.07. The zero-order chi connectivity index (χ0) is 17.9. The summed E-state index contributed by atoms with van der Waals surface area (Å²) in [5.41, 5.74) is 5.43. The zero-order valence-electron chi connectivity index (χ0n) is 13.5. The number of nitrogens with two attached hydrogens (primary N) is 1. The van der Waals surface area contributed by atoms with Gasteiger partial charge in [0.25, 0.3) is 0 Å². The number of unbranched alkanes of at least 4 members (excludes halogenated alkanes) is 1. The van der Waals surface area contributed by atoms with Crippen LogP contribution in [0.2, 0.25) is 0 Å². The van der Waals surface area contributed by atoms with E-state index in [2.05, 4.69) is 10.6 Å². The predicted octanol–water partition coefficient (Wildman–Crippen LogP) is 0.496. The molecule has 0 bridgehead atoms. The summed E-state index contributed by atoms with van der Waals surface area (Å²) in [6.45, 7) is 1.84. The number of aliphatic carboxylic acids is 1. The van der Waals surface area contributed by atoms with Gasteiger partial charge in [-0.15, -0.1) is 0 Å². The summed E-state index contributed by atoms with van der Waals surface area (Å²) in [4.78, 5) is 34.9. The largest absolute Gasteiger partial charge is 0.480 e. The maximum Gasteiger partial charge on any atom is 0.325 e. The normalized spacial score (nSPS) is 13.4. The van der Waals surface area contributed by atoms with Crippen molar-refractivity contribution in [1.82, 2.24) is 10.6 Å². The van der Waals surface area contributed by atoms with Crippen molar-refractivity contribution in [1.29, 1.82) is 0 Å². The molecule has 1 heterocycles. The van der Waals surface area contributed by atoms with Crippen molar-refractivity contribution >= 4 is 23.9 Å². The molecule has 5 N–H and O–H groups in total. The van der Waals surface area contributed by atoms with Crippen LogP contribution in [-0.4, -0.2) is 41.5 Å². The Morgan fingerprint density at radius 3 is 2.67 bits per heavy atom. The summed E-state index contributed by atoms with van der Waals surface area (Å²) in [7, 11) is 0. The van der Waals surface area contributed by atoms with Gasteiger partial charge in [-0.1, -0.05) is 0 Å². The minimum absolute atomic E-state index is 0.371. The molecule has 0 aliphatic carbocycles. The smallest absolute Gasteiger partial charge is 0.325 e. The van der Waals surface area contributed by atoms with E-state index in [0.717, 1.165) is 0 Å². The van der Waals surface area contributed by atoms with Crippen molar-refractivity contribution in [2.24, 2.45) is 5.73 Å². The van der Waals surface area contributed by atoms with E-state index in [9.17, 15) is 14.4 Å². The highest BCUT2D eigenvalue weighted by atomic mass is 16.4. The van der Waals surface area contributed by atoms with E-state index in [0.29, 0.717) is 31.6 Å². The molecule has 132 valence electrons. The lowest BCUT2D eigenvalue weighted by atomic mass is 10.1. The molecule has 1 aromatic rings. The molecule has 2 atom stereocenters. The van der Waals surface area contributed by atoms with Gasteiger partial charge in [-0.2, -0.15) is 0 Å². The Hall–Kier alpha value is -2.61. The number of furan rings is 1. The quantitative estimate of drug-likeness (QED) is 0.363. The van der Waals surface area contributed by atoms with Gasteiger partial charge in [0.1, 0.15) is 17.8 Å². The number of nitrogens with one attached hydrogen (secondary N) is 2. The SMILES string of the molecule is C[C@H](NC(=O)[C@H](CCCCN)NC(=O)C=Cc1ccco1)C(=O)O. The third-order valence-electron chi connectivity index (χ3n) is 3.25. The molecule has 0 aliphatic heterocycles. The molecule has 0 saturated heterocycles. The van der Waals surface area contributed by atoms with Crippen molar-refractivity contribution in [3.8, 4) is 0 Å². The van der Waals surface area contributed by atoms with Crippen LogP contribution in [0.5, 0.6) is 0 Å². The summed E-state index contributed by atoms with van der Waals surface area (Å²) in [5, 5.41) is 13.8. The van der Waals surface area contributed by atoms with Crippen LogP contribution in [0.3, 0.4) is 0 Å². The van der Waals surface area contributed by atoms with Crippen LogP contribution in [0.25, 0.3) is 6.08 Å². The van der Waals surface area contributed by atoms with E-state index in [1.165, 1.54) is 25.3 Å². The first-order valence-electron chi connectivity index (χ1n) is 7.69. The third-order valence-corrected chi connectivity index (χ3v) is 3.25. The Labute approximate surface area is 140 Å². The first-order valence-corrected chi connectivity index (χ1v) is 7.69. The highest BCUT2D eigenvalue weighted by molar-refractivity contribution is 5.96. The van der Waals surface area contributed by atoms with Gasteiger partial charge in [-0.05, 0) is 50.9 Å². The second kappa shape index (κ2) is 10.2. The minimum Gasteiger partial charge on any atom is -0.480 e. The Kier molecular flexibility index (Phi) is 8.28. The fourth-order valence-corrected chi connectivity index (χ4v) is 1.90. The zero-order valence-corrected chi connectivity index (χ0v) is 13.5. The number of carbonyl (C=O) groups excluding carboxylic acids is 2. The molecule has 8 nitrogen and oxygen atoms in total. The lowest BCUT2D eigenvalue weighted by molar-refractivity contribution is -0.141. The summed E-state index contributed by atoms with van der Waals surface area (Å²) in [6, 6.07) is 1.51. The summed E-state index contributed by atoms with van der Waals surface area (Å²) in [5.74, 6) is -1.65. The molecule has 24 heavy (non-hydrogen) atoms. The molecule has 0 fully saturated rings. The van der Waals surface area contributed by atoms with Gasteiger partial charge in [0, 0.05) is 6.08 Å². The predicted molar refractivity (Wildman–Crippen MR) is 87.8 cm³/mol. The first-order chi connectivity index (χ1) is 11.4. The van der Waals surface area contributed by atoms with Crippen molar-refractivity contribution in [2.45, 2.75) is 38.3 Å². The highest BCUT2D eigenvalue weighted by Crippen LogP contribution is 2.04. The average Bonchev–Trinajstić information content (AvgIpc) is 3.05. The number of carboxylic acids is 1. The molecule has 1 aromatic heterocycles. The number of carboxylic acid groups (broad SMARTS) is 1.